The average Bonchev–Trinajstić information content (AvgIpc) is 2.19. The summed E-state index contributed by atoms with van der Waals surface area (Å²) in [6, 6.07) is 0. The average molecular weight is 218 g/mol. The van der Waals surface area contributed by atoms with E-state index < -0.39 is 0 Å². The van der Waals surface area contributed by atoms with Crippen LogP contribution in [0.5, 0.6) is 0 Å². The fourth-order valence-electron chi connectivity index (χ4n) is 1.46. The van der Waals surface area contributed by atoms with Gasteiger partial charge in [0.25, 0.3) is 0 Å². The highest BCUT2D eigenvalue weighted by Gasteiger charge is 2.02. The third-order valence-corrected chi connectivity index (χ3v) is 2.77. The van der Waals surface area contributed by atoms with Crippen LogP contribution in [0.25, 0.3) is 0 Å². The molecule has 1 aliphatic heterocycles. The summed E-state index contributed by atoms with van der Waals surface area (Å²) in [6.45, 7) is 8.52. The number of rotatable bonds is 1. The van der Waals surface area contributed by atoms with Crippen LogP contribution in [0, 0.1) is 0 Å². The number of hydrogen-bond donors (Lipinski definition) is 4. The van der Waals surface area contributed by atoms with Gasteiger partial charge in [-0.1, -0.05) is 0 Å². The van der Waals surface area contributed by atoms with Crippen molar-refractivity contribution in [2.45, 2.75) is 0 Å². The Hall–Kier alpha value is 0.190. The van der Waals surface area contributed by atoms with Crippen LogP contribution in [0.1, 0.15) is 0 Å². The van der Waals surface area contributed by atoms with E-state index in [2.05, 4.69) is 33.5 Å². The Kier molecular flexibility index (Phi) is 7.44. The number of nitrogens with zero attached hydrogens (tertiary/aromatic N) is 1. The molecule has 1 aliphatic rings. The van der Waals surface area contributed by atoms with Gasteiger partial charge in [0.1, 0.15) is 0 Å². The molecule has 1 heterocycles. The first-order valence-electron chi connectivity index (χ1n) is 5.39. The summed E-state index contributed by atoms with van der Waals surface area (Å²) in [6.07, 6.45) is 0. The summed E-state index contributed by atoms with van der Waals surface area (Å²) in [4.78, 5) is 2.35. The van der Waals surface area contributed by atoms with Crippen molar-refractivity contribution < 1.29 is 0 Å². The Balaban J connectivity index is 2.17. The predicted octanol–water partition coefficient (Wildman–Crippen LogP) is -1.04. The molecule has 1 saturated heterocycles. The molecule has 0 saturated carbocycles. The minimum absolute atomic E-state index is 0.849. The molecular formula is C9H22N4S. The Morgan fingerprint density at radius 3 is 1.64 bits per heavy atom. The monoisotopic (exact) mass is 218 g/mol. The van der Waals surface area contributed by atoms with Gasteiger partial charge in [-0.05, 0) is 0 Å². The maximum absolute atomic E-state index is 4.31. The van der Waals surface area contributed by atoms with E-state index in [4.69, 9.17) is 0 Å². The number of thiol groups is 1. The number of nitrogens with one attached hydrogen (secondary N) is 3. The van der Waals surface area contributed by atoms with Gasteiger partial charge in [-0.3, -0.25) is 4.90 Å². The minimum Gasteiger partial charge on any atom is -0.314 e. The standard InChI is InChI=1S/C9H22N4S/c14-9-13-7-5-11-3-1-10-2-4-12-6-8-13/h10-12,14H,1-9H2. The van der Waals surface area contributed by atoms with Crippen molar-refractivity contribution in [3.05, 3.63) is 0 Å². The van der Waals surface area contributed by atoms with Crippen LogP contribution in [-0.4, -0.2) is 63.1 Å². The van der Waals surface area contributed by atoms with E-state index in [-0.39, 0.29) is 0 Å². The molecule has 0 aromatic rings. The molecule has 0 bridgehead atoms. The van der Waals surface area contributed by atoms with Gasteiger partial charge in [0, 0.05) is 58.2 Å². The first-order chi connectivity index (χ1) is 6.93. The van der Waals surface area contributed by atoms with Crippen molar-refractivity contribution in [3.63, 3.8) is 0 Å². The molecule has 1 rings (SSSR count). The van der Waals surface area contributed by atoms with Crippen LogP contribution in [0.4, 0.5) is 0 Å². The summed E-state index contributed by atoms with van der Waals surface area (Å²) in [5.41, 5.74) is 0. The molecule has 0 spiro atoms. The lowest BCUT2D eigenvalue weighted by molar-refractivity contribution is 0.315. The summed E-state index contributed by atoms with van der Waals surface area (Å²) in [5, 5.41) is 10.2. The molecule has 84 valence electrons. The molecule has 0 unspecified atom stereocenters. The van der Waals surface area contributed by atoms with Gasteiger partial charge in [0.2, 0.25) is 0 Å². The van der Waals surface area contributed by atoms with E-state index in [1.165, 1.54) is 0 Å². The van der Waals surface area contributed by atoms with Gasteiger partial charge >= 0.3 is 0 Å². The molecule has 0 atom stereocenters. The summed E-state index contributed by atoms with van der Waals surface area (Å²) >= 11 is 4.31. The largest absolute Gasteiger partial charge is 0.314 e. The van der Waals surface area contributed by atoms with Crippen LogP contribution >= 0.6 is 12.6 Å². The molecule has 0 radical (unpaired) electrons. The molecule has 3 N–H and O–H groups in total. The van der Waals surface area contributed by atoms with E-state index in [1.807, 2.05) is 0 Å². The van der Waals surface area contributed by atoms with Crippen LogP contribution < -0.4 is 16.0 Å². The van der Waals surface area contributed by atoms with E-state index in [1.54, 1.807) is 0 Å². The molecule has 14 heavy (non-hydrogen) atoms. The van der Waals surface area contributed by atoms with Crippen molar-refractivity contribution in [2.24, 2.45) is 0 Å². The second-order valence-electron chi connectivity index (χ2n) is 3.51. The summed E-state index contributed by atoms with van der Waals surface area (Å²) in [5.74, 6) is 0.849. The molecule has 0 aliphatic carbocycles. The highest BCUT2D eigenvalue weighted by Crippen LogP contribution is 1.88. The van der Waals surface area contributed by atoms with Crippen LogP contribution in [0.2, 0.25) is 0 Å². The molecule has 0 aromatic heterocycles. The van der Waals surface area contributed by atoms with Crippen LogP contribution in [-0.2, 0) is 0 Å². The quantitative estimate of drug-likeness (QED) is 0.424. The zero-order chi connectivity index (χ0) is 10.1. The molecule has 4 nitrogen and oxygen atoms in total. The van der Waals surface area contributed by atoms with Crippen LogP contribution in [0.3, 0.4) is 0 Å². The van der Waals surface area contributed by atoms with Crippen molar-refractivity contribution in [1.29, 1.82) is 0 Å². The fourth-order valence-corrected chi connectivity index (χ4v) is 1.74. The van der Waals surface area contributed by atoms with Gasteiger partial charge in [-0.15, -0.1) is 0 Å². The first kappa shape index (κ1) is 12.3. The predicted molar refractivity (Wildman–Crippen MR) is 64.0 cm³/mol. The summed E-state index contributed by atoms with van der Waals surface area (Å²) < 4.78 is 0. The van der Waals surface area contributed by atoms with Gasteiger partial charge in [-0.25, -0.2) is 0 Å². The lowest BCUT2D eigenvalue weighted by Gasteiger charge is -2.21. The molecule has 0 aromatic carbocycles. The van der Waals surface area contributed by atoms with E-state index in [0.717, 1.165) is 58.2 Å². The molecular weight excluding hydrogens is 196 g/mol. The summed E-state index contributed by atoms with van der Waals surface area (Å²) in [7, 11) is 0. The van der Waals surface area contributed by atoms with Crippen LogP contribution in [0.15, 0.2) is 0 Å². The van der Waals surface area contributed by atoms with Crippen molar-refractivity contribution in [2.75, 3.05) is 58.2 Å². The van der Waals surface area contributed by atoms with Gasteiger partial charge in [0.15, 0.2) is 0 Å². The second-order valence-corrected chi connectivity index (χ2v) is 3.79. The third kappa shape index (κ3) is 5.82. The van der Waals surface area contributed by atoms with Gasteiger partial charge in [0.05, 0.1) is 0 Å². The minimum atomic E-state index is 0.849. The van der Waals surface area contributed by atoms with Crippen molar-refractivity contribution in [3.8, 4) is 0 Å². The Morgan fingerprint density at radius 1 is 0.786 bits per heavy atom. The normalized spacial score (nSPS) is 23.8. The van der Waals surface area contributed by atoms with E-state index in [0.29, 0.717) is 0 Å². The lowest BCUT2D eigenvalue weighted by Crippen LogP contribution is -2.41. The first-order valence-corrected chi connectivity index (χ1v) is 6.02. The zero-order valence-corrected chi connectivity index (χ0v) is 9.65. The maximum atomic E-state index is 4.31. The maximum Gasteiger partial charge on any atom is 0.0415 e. The highest BCUT2D eigenvalue weighted by atomic mass is 32.1. The van der Waals surface area contributed by atoms with Crippen molar-refractivity contribution >= 4 is 12.6 Å². The van der Waals surface area contributed by atoms with Gasteiger partial charge in [-0.2, -0.15) is 12.6 Å². The molecule has 1 fully saturated rings. The highest BCUT2D eigenvalue weighted by molar-refractivity contribution is 7.80. The Labute approximate surface area is 92.2 Å². The van der Waals surface area contributed by atoms with E-state index in [9.17, 15) is 0 Å². The SMILES string of the molecule is SCN1CCNCCNCCNCC1. The number of hydrogen-bond acceptors (Lipinski definition) is 5. The topological polar surface area (TPSA) is 39.3 Å². The second kappa shape index (κ2) is 8.49. The third-order valence-electron chi connectivity index (χ3n) is 2.37. The smallest absolute Gasteiger partial charge is 0.0415 e. The fraction of sp³-hybridized carbons (Fsp3) is 1.00. The Bertz CT molecular complexity index is 122. The zero-order valence-electron chi connectivity index (χ0n) is 8.76. The van der Waals surface area contributed by atoms with E-state index >= 15 is 0 Å². The van der Waals surface area contributed by atoms with Crippen molar-refractivity contribution in [1.82, 2.24) is 20.9 Å². The Morgan fingerprint density at radius 2 is 1.21 bits per heavy atom. The molecule has 5 heteroatoms. The lowest BCUT2D eigenvalue weighted by atomic mass is 10.4. The van der Waals surface area contributed by atoms with Gasteiger partial charge < -0.3 is 16.0 Å². The molecule has 0 amide bonds.